The number of hydrogen-bond donors (Lipinski definition) is 1. The van der Waals surface area contributed by atoms with Crippen LogP contribution < -0.4 is 5.73 Å². The van der Waals surface area contributed by atoms with Gasteiger partial charge in [-0.3, -0.25) is 0 Å². The van der Waals surface area contributed by atoms with E-state index in [-0.39, 0.29) is 17.5 Å². The number of amides is 2. The maximum Gasteiger partial charge on any atom is 0.319 e. The van der Waals surface area contributed by atoms with E-state index in [9.17, 15) is 4.79 Å². The molecule has 0 aromatic rings. The molecule has 1 atom stereocenters. The second-order valence-corrected chi connectivity index (χ2v) is 5.48. The first-order valence-electron chi connectivity index (χ1n) is 5.58. The predicted octanol–water partition coefficient (Wildman–Crippen LogP) is 1.12. The van der Waals surface area contributed by atoms with E-state index in [0.29, 0.717) is 6.54 Å². The minimum Gasteiger partial charge on any atom is -0.328 e. The third-order valence-corrected chi connectivity index (χ3v) is 3.05. The standard InChI is InChI=1S/C11H23N3O/c1-11(2,3)9(12)8-14-7-5-6-13(4)10(14)15/h9H,5-8,12H2,1-4H3/t9-/m1/s1. The molecular formula is C11H23N3O. The van der Waals surface area contributed by atoms with Crippen LogP contribution in [0.4, 0.5) is 4.79 Å². The van der Waals surface area contributed by atoms with Crippen LogP contribution in [-0.4, -0.2) is 48.6 Å². The van der Waals surface area contributed by atoms with Crippen LogP contribution in [0.25, 0.3) is 0 Å². The zero-order valence-electron chi connectivity index (χ0n) is 10.3. The smallest absolute Gasteiger partial charge is 0.319 e. The van der Waals surface area contributed by atoms with E-state index in [1.807, 2.05) is 11.9 Å². The molecule has 0 bridgehead atoms. The molecule has 2 amide bonds. The fourth-order valence-electron chi connectivity index (χ4n) is 1.61. The molecule has 2 N–H and O–H groups in total. The summed E-state index contributed by atoms with van der Waals surface area (Å²) in [6, 6.07) is 0.147. The van der Waals surface area contributed by atoms with Crippen molar-refractivity contribution in [3.8, 4) is 0 Å². The van der Waals surface area contributed by atoms with Gasteiger partial charge in [-0.05, 0) is 11.8 Å². The van der Waals surface area contributed by atoms with Gasteiger partial charge in [0.1, 0.15) is 0 Å². The molecule has 1 rings (SSSR count). The highest BCUT2D eigenvalue weighted by Crippen LogP contribution is 2.19. The summed E-state index contributed by atoms with van der Waals surface area (Å²) >= 11 is 0. The Kier molecular flexibility index (Phi) is 3.60. The van der Waals surface area contributed by atoms with Gasteiger partial charge in [-0.1, -0.05) is 20.8 Å². The summed E-state index contributed by atoms with van der Waals surface area (Å²) in [5.74, 6) is 0. The minimum atomic E-state index is 0.0351. The van der Waals surface area contributed by atoms with Gasteiger partial charge in [0.2, 0.25) is 0 Å². The van der Waals surface area contributed by atoms with Crippen LogP contribution >= 0.6 is 0 Å². The lowest BCUT2D eigenvalue weighted by molar-refractivity contribution is 0.127. The summed E-state index contributed by atoms with van der Waals surface area (Å²) in [5, 5.41) is 0. The number of hydrogen-bond acceptors (Lipinski definition) is 2. The van der Waals surface area contributed by atoms with Crippen molar-refractivity contribution in [3.63, 3.8) is 0 Å². The molecule has 0 aliphatic carbocycles. The lowest BCUT2D eigenvalue weighted by Gasteiger charge is -2.37. The summed E-state index contributed by atoms with van der Waals surface area (Å²) in [4.78, 5) is 15.4. The van der Waals surface area contributed by atoms with Gasteiger partial charge in [-0.25, -0.2) is 4.79 Å². The Hall–Kier alpha value is -0.770. The normalized spacial score (nSPS) is 20.7. The maximum atomic E-state index is 11.8. The van der Waals surface area contributed by atoms with Crippen LogP contribution in [0.3, 0.4) is 0 Å². The molecule has 1 heterocycles. The number of urea groups is 1. The highest BCUT2D eigenvalue weighted by Gasteiger charge is 2.28. The molecule has 4 heteroatoms. The molecule has 1 saturated heterocycles. The molecule has 1 fully saturated rings. The van der Waals surface area contributed by atoms with Gasteiger partial charge in [0.25, 0.3) is 0 Å². The maximum absolute atomic E-state index is 11.8. The quantitative estimate of drug-likeness (QED) is 0.747. The zero-order chi connectivity index (χ0) is 11.6. The monoisotopic (exact) mass is 213 g/mol. The number of nitrogens with zero attached hydrogens (tertiary/aromatic N) is 2. The Morgan fingerprint density at radius 2 is 2.00 bits per heavy atom. The molecule has 15 heavy (non-hydrogen) atoms. The summed E-state index contributed by atoms with van der Waals surface area (Å²) in [5.41, 5.74) is 6.13. The van der Waals surface area contributed by atoms with Gasteiger partial charge in [-0.2, -0.15) is 0 Å². The molecule has 0 spiro atoms. The van der Waals surface area contributed by atoms with E-state index in [1.165, 1.54) is 0 Å². The highest BCUT2D eigenvalue weighted by atomic mass is 16.2. The van der Waals surface area contributed by atoms with Crippen LogP contribution in [0.2, 0.25) is 0 Å². The first-order valence-corrected chi connectivity index (χ1v) is 5.58. The molecule has 0 aromatic heterocycles. The first kappa shape index (κ1) is 12.3. The van der Waals surface area contributed by atoms with Crippen LogP contribution in [0, 0.1) is 5.41 Å². The van der Waals surface area contributed by atoms with Crippen molar-refractivity contribution >= 4 is 6.03 Å². The molecule has 0 saturated carbocycles. The molecule has 1 aliphatic heterocycles. The van der Waals surface area contributed by atoms with Crippen molar-refractivity contribution in [2.45, 2.75) is 33.2 Å². The predicted molar refractivity (Wildman–Crippen MR) is 61.6 cm³/mol. The Morgan fingerprint density at radius 1 is 1.40 bits per heavy atom. The number of carbonyl (C=O) groups excluding carboxylic acids is 1. The van der Waals surface area contributed by atoms with Gasteiger partial charge in [0, 0.05) is 32.7 Å². The zero-order valence-corrected chi connectivity index (χ0v) is 10.3. The van der Waals surface area contributed by atoms with E-state index >= 15 is 0 Å². The van der Waals surface area contributed by atoms with Crippen LogP contribution in [-0.2, 0) is 0 Å². The van der Waals surface area contributed by atoms with Gasteiger partial charge in [-0.15, -0.1) is 0 Å². The van der Waals surface area contributed by atoms with Crippen molar-refractivity contribution in [2.75, 3.05) is 26.7 Å². The SMILES string of the molecule is CN1CCCN(C[C@@H](N)C(C)(C)C)C1=O. The topological polar surface area (TPSA) is 49.6 Å². The van der Waals surface area contributed by atoms with Crippen LogP contribution in [0.1, 0.15) is 27.2 Å². The lowest BCUT2D eigenvalue weighted by atomic mass is 9.87. The summed E-state index contributed by atoms with van der Waals surface area (Å²) in [6.45, 7) is 8.68. The number of nitrogens with two attached hydrogens (primary N) is 1. The van der Waals surface area contributed by atoms with Crippen molar-refractivity contribution in [1.82, 2.24) is 9.80 Å². The Morgan fingerprint density at radius 3 is 2.53 bits per heavy atom. The molecular weight excluding hydrogens is 190 g/mol. The van der Waals surface area contributed by atoms with Crippen molar-refractivity contribution in [2.24, 2.45) is 11.1 Å². The Labute approximate surface area is 92.4 Å². The highest BCUT2D eigenvalue weighted by molar-refractivity contribution is 5.74. The van der Waals surface area contributed by atoms with Crippen molar-refractivity contribution < 1.29 is 4.79 Å². The molecule has 88 valence electrons. The summed E-state index contributed by atoms with van der Waals surface area (Å²) in [6.07, 6.45) is 1.04. The third kappa shape index (κ3) is 3.09. The van der Waals surface area contributed by atoms with E-state index < -0.39 is 0 Å². The fraction of sp³-hybridized carbons (Fsp3) is 0.909. The average molecular weight is 213 g/mol. The average Bonchev–Trinajstić information content (AvgIpc) is 2.11. The van der Waals surface area contributed by atoms with E-state index in [0.717, 1.165) is 19.5 Å². The van der Waals surface area contributed by atoms with E-state index in [4.69, 9.17) is 5.73 Å². The first-order chi connectivity index (χ1) is 6.82. The largest absolute Gasteiger partial charge is 0.328 e. The second-order valence-electron chi connectivity index (χ2n) is 5.48. The summed E-state index contributed by atoms with van der Waals surface area (Å²) in [7, 11) is 1.84. The lowest BCUT2D eigenvalue weighted by Crippen LogP contribution is -2.53. The van der Waals surface area contributed by atoms with Crippen LogP contribution in [0.5, 0.6) is 0 Å². The summed E-state index contributed by atoms with van der Waals surface area (Å²) < 4.78 is 0. The molecule has 4 nitrogen and oxygen atoms in total. The van der Waals surface area contributed by atoms with Gasteiger partial charge >= 0.3 is 6.03 Å². The third-order valence-electron chi connectivity index (χ3n) is 3.05. The molecule has 0 aromatic carbocycles. The Balaban J connectivity index is 2.54. The second kappa shape index (κ2) is 4.39. The van der Waals surface area contributed by atoms with Crippen molar-refractivity contribution in [1.29, 1.82) is 0 Å². The molecule has 0 radical (unpaired) electrons. The van der Waals surface area contributed by atoms with E-state index in [1.54, 1.807) is 4.90 Å². The van der Waals surface area contributed by atoms with Crippen molar-refractivity contribution in [3.05, 3.63) is 0 Å². The van der Waals surface area contributed by atoms with Gasteiger partial charge < -0.3 is 15.5 Å². The number of carbonyl (C=O) groups is 1. The van der Waals surface area contributed by atoms with Crippen LogP contribution in [0.15, 0.2) is 0 Å². The minimum absolute atomic E-state index is 0.0351. The fourth-order valence-corrected chi connectivity index (χ4v) is 1.61. The van der Waals surface area contributed by atoms with Gasteiger partial charge in [0.05, 0.1) is 0 Å². The van der Waals surface area contributed by atoms with E-state index in [2.05, 4.69) is 20.8 Å². The molecule has 1 aliphatic rings. The molecule has 0 unspecified atom stereocenters. The Bertz CT molecular complexity index is 234. The number of rotatable bonds is 2. The van der Waals surface area contributed by atoms with Gasteiger partial charge in [0.15, 0.2) is 0 Å².